The number of benzene rings is 1. The maximum Gasteiger partial charge on any atom is 0.122 e. The molecule has 0 amide bonds. The Morgan fingerprint density at radius 2 is 2.24 bits per heavy atom. The van der Waals surface area contributed by atoms with Crippen LogP contribution in [0.15, 0.2) is 18.2 Å². The van der Waals surface area contributed by atoms with Crippen molar-refractivity contribution in [3.63, 3.8) is 0 Å². The van der Waals surface area contributed by atoms with Crippen LogP contribution in [0.2, 0.25) is 0 Å². The fourth-order valence-electron chi connectivity index (χ4n) is 2.25. The number of rotatable bonds is 5. The van der Waals surface area contributed by atoms with Crippen LogP contribution in [0.1, 0.15) is 37.8 Å². The van der Waals surface area contributed by atoms with Gasteiger partial charge in [-0.3, -0.25) is 0 Å². The van der Waals surface area contributed by atoms with E-state index in [2.05, 4.69) is 37.4 Å². The molecular weight excluding hydrogens is 210 g/mol. The van der Waals surface area contributed by atoms with Crippen LogP contribution in [0.3, 0.4) is 0 Å². The van der Waals surface area contributed by atoms with Crippen LogP contribution in [0.5, 0.6) is 5.75 Å². The van der Waals surface area contributed by atoms with E-state index in [0.29, 0.717) is 6.04 Å². The van der Waals surface area contributed by atoms with Crippen molar-refractivity contribution < 1.29 is 4.74 Å². The Labute approximate surface area is 104 Å². The minimum atomic E-state index is 0.590. The SMILES string of the molecule is CC(C)NCCCc1ccc2c(c1)CCCO2. The second-order valence-electron chi connectivity index (χ2n) is 5.11. The summed E-state index contributed by atoms with van der Waals surface area (Å²) in [6, 6.07) is 7.26. The fourth-order valence-corrected chi connectivity index (χ4v) is 2.25. The van der Waals surface area contributed by atoms with E-state index in [4.69, 9.17) is 4.74 Å². The molecule has 0 unspecified atom stereocenters. The van der Waals surface area contributed by atoms with Crippen molar-refractivity contribution in [3.05, 3.63) is 29.3 Å². The Morgan fingerprint density at radius 1 is 1.35 bits per heavy atom. The van der Waals surface area contributed by atoms with Crippen molar-refractivity contribution >= 4 is 0 Å². The number of nitrogens with one attached hydrogen (secondary N) is 1. The summed E-state index contributed by atoms with van der Waals surface area (Å²) >= 11 is 0. The molecule has 0 aromatic heterocycles. The van der Waals surface area contributed by atoms with Crippen LogP contribution in [0, 0.1) is 0 Å². The van der Waals surface area contributed by atoms with E-state index in [0.717, 1.165) is 31.7 Å². The summed E-state index contributed by atoms with van der Waals surface area (Å²) in [5.74, 6) is 1.10. The van der Waals surface area contributed by atoms with Crippen molar-refractivity contribution in [1.82, 2.24) is 5.32 Å². The maximum atomic E-state index is 5.62. The standard InChI is InChI=1S/C15H23NO/c1-12(2)16-9-3-5-13-7-8-15-14(11-13)6-4-10-17-15/h7-8,11-12,16H,3-6,9-10H2,1-2H3. The molecule has 0 saturated carbocycles. The van der Waals surface area contributed by atoms with Gasteiger partial charge in [0.25, 0.3) is 0 Å². The molecule has 0 radical (unpaired) electrons. The molecule has 0 aliphatic carbocycles. The topological polar surface area (TPSA) is 21.3 Å². The highest BCUT2D eigenvalue weighted by molar-refractivity contribution is 5.38. The molecule has 1 aliphatic heterocycles. The van der Waals surface area contributed by atoms with Gasteiger partial charge in [0.05, 0.1) is 6.61 Å². The third-order valence-electron chi connectivity index (χ3n) is 3.17. The van der Waals surface area contributed by atoms with Gasteiger partial charge in [0.1, 0.15) is 5.75 Å². The van der Waals surface area contributed by atoms with Crippen molar-refractivity contribution in [3.8, 4) is 5.75 Å². The largest absolute Gasteiger partial charge is 0.493 e. The average Bonchev–Trinajstić information content (AvgIpc) is 2.34. The zero-order chi connectivity index (χ0) is 12.1. The van der Waals surface area contributed by atoms with Gasteiger partial charge in [0, 0.05) is 6.04 Å². The van der Waals surface area contributed by atoms with E-state index in [1.54, 1.807) is 0 Å². The lowest BCUT2D eigenvalue weighted by molar-refractivity contribution is 0.288. The van der Waals surface area contributed by atoms with Gasteiger partial charge in [-0.2, -0.15) is 0 Å². The number of hydrogen-bond donors (Lipinski definition) is 1. The molecule has 0 bridgehead atoms. The van der Waals surface area contributed by atoms with E-state index in [1.165, 1.54) is 24.0 Å². The number of ether oxygens (including phenoxy) is 1. The summed E-state index contributed by atoms with van der Waals surface area (Å²) in [4.78, 5) is 0. The molecule has 2 heteroatoms. The lowest BCUT2D eigenvalue weighted by Gasteiger charge is -2.18. The van der Waals surface area contributed by atoms with Gasteiger partial charge in [-0.05, 0) is 49.4 Å². The molecule has 2 rings (SSSR count). The summed E-state index contributed by atoms with van der Waals surface area (Å²) in [5.41, 5.74) is 2.84. The molecule has 17 heavy (non-hydrogen) atoms. The monoisotopic (exact) mass is 233 g/mol. The zero-order valence-corrected chi connectivity index (χ0v) is 11.0. The first-order chi connectivity index (χ1) is 8.25. The Hall–Kier alpha value is -1.02. The normalized spacial score (nSPS) is 14.5. The number of fused-ring (bicyclic) bond motifs is 1. The fraction of sp³-hybridized carbons (Fsp3) is 0.600. The molecule has 0 saturated heterocycles. The average molecular weight is 233 g/mol. The van der Waals surface area contributed by atoms with Crippen LogP contribution in [0.4, 0.5) is 0 Å². The van der Waals surface area contributed by atoms with Crippen molar-refractivity contribution in [1.29, 1.82) is 0 Å². The van der Waals surface area contributed by atoms with Crippen LogP contribution in [-0.2, 0) is 12.8 Å². The predicted octanol–water partition coefficient (Wildman–Crippen LogP) is 2.94. The van der Waals surface area contributed by atoms with Gasteiger partial charge < -0.3 is 10.1 Å². The lowest BCUT2D eigenvalue weighted by atomic mass is 10.0. The van der Waals surface area contributed by atoms with Gasteiger partial charge in [0.15, 0.2) is 0 Å². The van der Waals surface area contributed by atoms with Crippen molar-refractivity contribution in [2.75, 3.05) is 13.2 Å². The van der Waals surface area contributed by atoms with Gasteiger partial charge >= 0.3 is 0 Å². The minimum Gasteiger partial charge on any atom is -0.493 e. The third-order valence-corrected chi connectivity index (χ3v) is 3.17. The van der Waals surface area contributed by atoms with Crippen LogP contribution in [-0.4, -0.2) is 19.2 Å². The van der Waals surface area contributed by atoms with Gasteiger partial charge in [-0.25, -0.2) is 0 Å². The first-order valence-corrected chi connectivity index (χ1v) is 6.73. The van der Waals surface area contributed by atoms with Crippen LogP contribution < -0.4 is 10.1 Å². The second-order valence-corrected chi connectivity index (χ2v) is 5.11. The summed E-state index contributed by atoms with van der Waals surface area (Å²) in [6.45, 7) is 6.36. The van der Waals surface area contributed by atoms with Crippen LogP contribution >= 0.6 is 0 Å². The lowest BCUT2D eigenvalue weighted by Crippen LogP contribution is -2.23. The smallest absolute Gasteiger partial charge is 0.122 e. The van der Waals surface area contributed by atoms with Crippen molar-refractivity contribution in [2.24, 2.45) is 0 Å². The second kappa shape index (κ2) is 6.06. The highest BCUT2D eigenvalue weighted by Crippen LogP contribution is 2.25. The maximum absolute atomic E-state index is 5.62. The molecule has 2 nitrogen and oxygen atoms in total. The summed E-state index contributed by atoms with van der Waals surface area (Å²) in [7, 11) is 0. The molecule has 1 aromatic carbocycles. The Balaban J connectivity index is 1.85. The molecule has 94 valence electrons. The minimum absolute atomic E-state index is 0.590. The summed E-state index contributed by atoms with van der Waals surface area (Å²) in [5, 5.41) is 3.45. The predicted molar refractivity (Wildman–Crippen MR) is 71.7 cm³/mol. The first-order valence-electron chi connectivity index (χ1n) is 6.73. The zero-order valence-electron chi connectivity index (χ0n) is 11.0. The molecule has 1 heterocycles. The molecule has 1 aromatic rings. The molecule has 1 aliphatic rings. The molecular formula is C15H23NO. The molecule has 0 atom stereocenters. The van der Waals surface area contributed by atoms with E-state index < -0.39 is 0 Å². The highest BCUT2D eigenvalue weighted by atomic mass is 16.5. The van der Waals surface area contributed by atoms with Gasteiger partial charge in [0.2, 0.25) is 0 Å². The molecule has 0 fully saturated rings. The summed E-state index contributed by atoms with van der Waals surface area (Å²) in [6.07, 6.45) is 4.70. The molecule has 1 N–H and O–H groups in total. The quantitative estimate of drug-likeness (QED) is 0.790. The summed E-state index contributed by atoms with van der Waals surface area (Å²) < 4.78 is 5.62. The van der Waals surface area contributed by atoms with E-state index in [9.17, 15) is 0 Å². The Bertz CT molecular complexity index is 360. The van der Waals surface area contributed by atoms with Crippen LogP contribution in [0.25, 0.3) is 0 Å². The molecule has 0 spiro atoms. The number of aryl methyl sites for hydroxylation is 2. The first kappa shape index (κ1) is 12.4. The van der Waals surface area contributed by atoms with Crippen molar-refractivity contribution in [2.45, 2.75) is 45.6 Å². The Kier molecular flexibility index (Phi) is 4.43. The van der Waals surface area contributed by atoms with E-state index in [-0.39, 0.29) is 0 Å². The van der Waals surface area contributed by atoms with E-state index >= 15 is 0 Å². The number of hydrogen-bond acceptors (Lipinski definition) is 2. The highest BCUT2D eigenvalue weighted by Gasteiger charge is 2.10. The third kappa shape index (κ3) is 3.74. The van der Waals surface area contributed by atoms with E-state index in [1.807, 2.05) is 0 Å². The van der Waals surface area contributed by atoms with Gasteiger partial charge in [-0.15, -0.1) is 0 Å². The van der Waals surface area contributed by atoms with Gasteiger partial charge in [-0.1, -0.05) is 26.0 Å². The Morgan fingerprint density at radius 3 is 3.06 bits per heavy atom.